The Morgan fingerprint density at radius 2 is 2.27 bits per heavy atom. The molecular weight excluding hydrogens is 148 g/mol. The van der Waals surface area contributed by atoms with E-state index < -0.39 is 0 Å². The van der Waals surface area contributed by atoms with Gasteiger partial charge in [-0.2, -0.15) is 0 Å². The van der Waals surface area contributed by atoms with Crippen LogP contribution in [0.1, 0.15) is 13.3 Å². The first-order valence-electron chi connectivity index (χ1n) is 3.32. The van der Waals surface area contributed by atoms with Crippen molar-refractivity contribution >= 4 is 12.4 Å². The summed E-state index contributed by atoms with van der Waals surface area (Å²) in [5.74, 6) is -0.264. The molecule has 4 nitrogen and oxygen atoms in total. The highest BCUT2D eigenvalue weighted by Crippen LogP contribution is 2.02. The molecular formula is C7H12O4. The summed E-state index contributed by atoms with van der Waals surface area (Å²) in [6.07, 6.45) is 0.282. The molecule has 0 saturated carbocycles. The second kappa shape index (κ2) is 5.70. The van der Waals surface area contributed by atoms with Crippen molar-refractivity contribution in [2.24, 2.45) is 5.92 Å². The van der Waals surface area contributed by atoms with Gasteiger partial charge in [0.2, 0.25) is 0 Å². The molecule has 0 aliphatic heterocycles. The van der Waals surface area contributed by atoms with Crippen molar-refractivity contribution in [2.75, 3.05) is 13.7 Å². The van der Waals surface area contributed by atoms with Gasteiger partial charge in [-0.25, -0.2) is 0 Å². The van der Waals surface area contributed by atoms with Gasteiger partial charge in [-0.05, 0) is 0 Å². The number of ether oxygens (including phenoxy) is 2. The van der Waals surface area contributed by atoms with Crippen LogP contribution in [0.15, 0.2) is 0 Å². The molecule has 0 saturated heterocycles. The normalized spacial score (nSPS) is 11.8. The summed E-state index contributed by atoms with van der Waals surface area (Å²) < 4.78 is 8.87. The third kappa shape index (κ3) is 5.39. The van der Waals surface area contributed by atoms with Gasteiger partial charge in [0.05, 0.1) is 20.1 Å². The van der Waals surface area contributed by atoms with Crippen LogP contribution in [0, 0.1) is 5.92 Å². The van der Waals surface area contributed by atoms with Crippen LogP contribution in [0.3, 0.4) is 0 Å². The minimum absolute atomic E-state index is 0.0210. The smallest absolute Gasteiger partial charge is 0.305 e. The SMILES string of the molecule is COC(=O)CC(C)COC=O. The fraction of sp³-hybridized carbons (Fsp3) is 0.714. The molecule has 0 radical (unpaired) electrons. The topological polar surface area (TPSA) is 52.6 Å². The Labute approximate surface area is 65.5 Å². The second-order valence-corrected chi connectivity index (χ2v) is 2.31. The van der Waals surface area contributed by atoms with Crippen molar-refractivity contribution in [3.05, 3.63) is 0 Å². The quantitative estimate of drug-likeness (QED) is 0.430. The van der Waals surface area contributed by atoms with Crippen LogP contribution in [0.2, 0.25) is 0 Å². The van der Waals surface area contributed by atoms with E-state index in [9.17, 15) is 9.59 Å². The first-order chi connectivity index (χ1) is 5.20. The fourth-order valence-electron chi connectivity index (χ4n) is 0.630. The molecule has 0 aromatic carbocycles. The molecule has 0 spiro atoms. The molecule has 0 N–H and O–H groups in total. The molecule has 1 atom stereocenters. The first-order valence-corrected chi connectivity index (χ1v) is 3.32. The number of carbonyl (C=O) groups excluding carboxylic acids is 2. The number of hydrogen-bond donors (Lipinski definition) is 0. The lowest BCUT2D eigenvalue weighted by molar-refractivity contribution is -0.143. The van der Waals surface area contributed by atoms with Crippen molar-refractivity contribution in [1.82, 2.24) is 0 Å². The highest BCUT2D eigenvalue weighted by atomic mass is 16.5. The lowest BCUT2D eigenvalue weighted by Gasteiger charge is -2.06. The number of esters is 1. The predicted molar refractivity (Wildman–Crippen MR) is 37.8 cm³/mol. The molecule has 64 valence electrons. The molecule has 0 fully saturated rings. The Hall–Kier alpha value is -1.06. The van der Waals surface area contributed by atoms with E-state index in [1.54, 1.807) is 6.92 Å². The van der Waals surface area contributed by atoms with Crippen molar-refractivity contribution in [2.45, 2.75) is 13.3 Å². The van der Waals surface area contributed by atoms with E-state index in [2.05, 4.69) is 9.47 Å². The minimum Gasteiger partial charge on any atom is -0.469 e. The summed E-state index contributed by atoms with van der Waals surface area (Å²) in [6, 6.07) is 0. The van der Waals surface area contributed by atoms with Gasteiger partial charge in [0.1, 0.15) is 0 Å². The maximum absolute atomic E-state index is 10.6. The number of rotatable bonds is 5. The van der Waals surface area contributed by atoms with Crippen molar-refractivity contribution in [3.8, 4) is 0 Å². The molecule has 0 amide bonds. The van der Waals surface area contributed by atoms with Crippen LogP contribution < -0.4 is 0 Å². The zero-order valence-corrected chi connectivity index (χ0v) is 6.70. The summed E-state index contributed by atoms with van der Waals surface area (Å²) in [5.41, 5.74) is 0. The average Bonchev–Trinajstić information content (AvgIpc) is 2.00. The number of hydrogen-bond acceptors (Lipinski definition) is 4. The van der Waals surface area contributed by atoms with Crippen molar-refractivity contribution < 1.29 is 19.1 Å². The zero-order valence-electron chi connectivity index (χ0n) is 6.70. The van der Waals surface area contributed by atoms with E-state index in [4.69, 9.17) is 0 Å². The van der Waals surface area contributed by atoms with Crippen molar-refractivity contribution in [1.29, 1.82) is 0 Å². The predicted octanol–water partition coefficient (Wildman–Crippen LogP) is 0.359. The molecule has 11 heavy (non-hydrogen) atoms. The Morgan fingerprint density at radius 3 is 2.73 bits per heavy atom. The van der Waals surface area contributed by atoms with Gasteiger partial charge in [-0.15, -0.1) is 0 Å². The zero-order chi connectivity index (χ0) is 8.69. The van der Waals surface area contributed by atoms with Gasteiger partial charge in [0.15, 0.2) is 0 Å². The lowest BCUT2D eigenvalue weighted by Crippen LogP contribution is -2.12. The number of methoxy groups -OCH3 is 1. The Balaban J connectivity index is 3.42. The molecule has 0 aromatic heterocycles. The third-order valence-corrected chi connectivity index (χ3v) is 1.19. The van der Waals surface area contributed by atoms with E-state index in [1.807, 2.05) is 0 Å². The summed E-state index contributed by atoms with van der Waals surface area (Å²) in [7, 11) is 1.33. The third-order valence-electron chi connectivity index (χ3n) is 1.19. The molecule has 0 aromatic rings. The summed E-state index contributed by atoms with van der Waals surface area (Å²) in [4.78, 5) is 20.3. The van der Waals surface area contributed by atoms with Gasteiger partial charge < -0.3 is 9.47 Å². The van der Waals surface area contributed by atoms with E-state index in [0.29, 0.717) is 6.47 Å². The molecule has 0 aliphatic carbocycles. The molecule has 0 heterocycles. The van der Waals surface area contributed by atoms with Gasteiger partial charge in [0, 0.05) is 5.92 Å². The molecule has 0 rings (SSSR count). The second-order valence-electron chi connectivity index (χ2n) is 2.31. The van der Waals surface area contributed by atoms with E-state index in [1.165, 1.54) is 7.11 Å². The molecule has 1 unspecified atom stereocenters. The average molecular weight is 160 g/mol. The van der Waals surface area contributed by atoms with Crippen LogP contribution in [0.4, 0.5) is 0 Å². The van der Waals surface area contributed by atoms with Gasteiger partial charge in [-0.1, -0.05) is 6.92 Å². The van der Waals surface area contributed by atoms with Gasteiger partial charge in [0.25, 0.3) is 6.47 Å². The van der Waals surface area contributed by atoms with Crippen molar-refractivity contribution in [3.63, 3.8) is 0 Å². The maximum atomic E-state index is 10.6. The minimum atomic E-state index is -0.285. The van der Waals surface area contributed by atoms with Gasteiger partial charge in [-0.3, -0.25) is 9.59 Å². The van der Waals surface area contributed by atoms with E-state index in [-0.39, 0.29) is 24.9 Å². The summed E-state index contributed by atoms with van der Waals surface area (Å²) in [5, 5.41) is 0. The molecule has 4 heteroatoms. The van der Waals surface area contributed by atoms with Gasteiger partial charge >= 0.3 is 5.97 Å². The van der Waals surface area contributed by atoms with Crippen LogP contribution in [0.25, 0.3) is 0 Å². The standard InChI is InChI=1S/C7H12O4/c1-6(4-11-5-8)3-7(9)10-2/h5-6H,3-4H2,1-2H3. The Bertz CT molecular complexity index is 132. The first kappa shape index (κ1) is 9.94. The highest BCUT2D eigenvalue weighted by Gasteiger charge is 2.08. The van der Waals surface area contributed by atoms with Crippen LogP contribution in [-0.2, 0) is 19.1 Å². The van der Waals surface area contributed by atoms with Crippen LogP contribution in [0.5, 0.6) is 0 Å². The highest BCUT2D eigenvalue weighted by molar-refractivity contribution is 5.69. The molecule has 0 bridgehead atoms. The number of carbonyl (C=O) groups is 2. The monoisotopic (exact) mass is 160 g/mol. The lowest BCUT2D eigenvalue weighted by atomic mass is 10.1. The Kier molecular flexibility index (Phi) is 5.15. The van der Waals surface area contributed by atoms with Crippen LogP contribution >= 0.6 is 0 Å². The van der Waals surface area contributed by atoms with E-state index in [0.717, 1.165) is 0 Å². The van der Waals surface area contributed by atoms with E-state index >= 15 is 0 Å². The molecule has 0 aliphatic rings. The summed E-state index contributed by atoms with van der Waals surface area (Å²) in [6.45, 7) is 2.44. The Morgan fingerprint density at radius 1 is 1.64 bits per heavy atom. The largest absolute Gasteiger partial charge is 0.469 e. The summed E-state index contributed by atoms with van der Waals surface area (Å²) >= 11 is 0. The maximum Gasteiger partial charge on any atom is 0.305 e. The van der Waals surface area contributed by atoms with Crippen LogP contribution in [-0.4, -0.2) is 26.2 Å². The fourth-order valence-corrected chi connectivity index (χ4v) is 0.630.